The van der Waals surface area contributed by atoms with Gasteiger partial charge in [0.1, 0.15) is 0 Å². The van der Waals surface area contributed by atoms with Crippen LogP contribution in [0.4, 0.5) is 85.3 Å². The SMILES string of the molecule is O=P12c3ccccc3N(c3ccccc3)c3cc(N(c4ccccc4)c4ccccc4)cc(c31)N(c1ccccc1)c1cc3c(cc12)P1c2ccccc2N(c2ccccc2)c2cc(N(c4ccccc4)c4ccccc4)cc(c21)S3. The molecule has 0 aliphatic carbocycles. The van der Waals surface area contributed by atoms with Crippen molar-refractivity contribution >= 4 is 144 Å². The van der Waals surface area contributed by atoms with E-state index in [-0.39, 0.29) is 0 Å². The van der Waals surface area contributed by atoms with E-state index < -0.39 is 15.1 Å². The third-order valence-electron chi connectivity index (χ3n) is 15.9. The molecule has 0 N–H and O–H groups in total. The summed E-state index contributed by atoms with van der Waals surface area (Å²) < 4.78 is 18.1. The van der Waals surface area contributed by atoms with Crippen LogP contribution >= 0.6 is 26.8 Å². The fraction of sp³-hybridized carbons (Fsp3) is 0. The van der Waals surface area contributed by atoms with Crippen molar-refractivity contribution in [2.75, 3.05) is 24.5 Å². The number of nitrogens with zero attached hydrogens (tertiary/aromatic N) is 5. The molecule has 0 fully saturated rings. The molecule has 0 aromatic heterocycles. The van der Waals surface area contributed by atoms with E-state index in [0.29, 0.717) is 0 Å². The summed E-state index contributed by atoms with van der Waals surface area (Å²) in [6.45, 7) is 0. The van der Waals surface area contributed by atoms with Crippen molar-refractivity contribution in [2.45, 2.75) is 9.79 Å². The molecule has 0 radical (unpaired) electrons. The minimum absolute atomic E-state index is 0.828. The molecule has 12 aromatic carbocycles. The van der Waals surface area contributed by atoms with Gasteiger partial charge in [0, 0.05) is 76.5 Å². The van der Waals surface area contributed by atoms with Crippen LogP contribution in [0.2, 0.25) is 0 Å². The first-order valence-electron chi connectivity index (χ1n) is 27.3. The van der Waals surface area contributed by atoms with Gasteiger partial charge in [0.25, 0.3) is 0 Å². The summed E-state index contributed by atoms with van der Waals surface area (Å²) in [5.74, 6) is 0. The molecular weight excluding hydrogens is 1040 g/mol. The molecule has 0 spiro atoms. The van der Waals surface area contributed by atoms with Gasteiger partial charge in [0.05, 0.1) is 45.1 Å². The molecule has 9 heteroatoms. The van der Waals surface area contributed by atoms with Gasteiger partial charge >= 0.3 is 0 Å². The second-order valence-electron chi connectivity index (χ2n) is 20.5. The topological polar surface area (TPSA) is 33.3 Å². The lowest BCUT2D eigenvalue weighted by molar-refractivity contribution is 0.592. The first-order chi connectivity index (χ1) is 40.1. The van der Waals surface area contributed by atoms with Crippen LogP contribution in [0.1, 0.15) is 0 Å². The van der Waals surface area contributed by atoms with Crippen LogP contribution in [0.5, 0.6) is 0 Å². The Morgan fingerprint density at radius 3 is 1.21 bits per heavy atom. The molecule has 12 aromatic rings. The lowest BCUT2D eigenvalue weighted by Gasteiger charge is -2.46. The Kier molecular flexibility index (Phi) is 11.3. The number of benzene rings is 12. The van der Waals surface area contributed by atoms with Gasteiger partial charge in [-0.2, -0.15) is 0 Å². The zero-order valence-electron chi connectivity index (χ0n) is 43.7. The van der Waals surface area contributed by atoms with Crippen LogP contribution in [0, 0.1) is 0 Å². The van der Waals surface area contributed by atoms with E-state index in [1.807, 2.05) is 11.8 Å². The Hall–Kier alpha value is -9.35. The first kappa shape index (κ1) is 47.6. The minimum Gasteiger partial charge on any atom is -0.310 e. The van der Waals surface area contributed by atoms with E-state index in [4.69, 9.17) is 0 Å². The van der Waals surface area contributed by atoms with E-state index in [1.165, 1.54) is 20.8 Å². The molecule has 2 atom stereocenters. The molecule has 4 aliphatic heterocycles. The standard InChI is InChI=1S/C72H49N5OP2S/c78-80-67-43-25-23-41-60(67)76(55-36-18-6-19-37-55)63-45-57(73(50-26-8-1-9-27-50)51-28-10-2-11-29-51)46-64(72(63)80)77(56-38-20-7-21-39-56)61-48-69-66(49-68(61)80)79-65-42-24-22-40-59(65)75(54-34-16-5-17-35-54)62-44-58(47-70(81-69)71(62)79)74(52-30-12-3-13-31-52)53-32-14-4-15-33-53/h1-49H. The van der Waals surface area contributed by atoms with Crippen LogP contribution in [0.3, 0.4) is 0 Å². The van der Waals surface area contributed by atoms with Gasteiger partial charge in [-0.05, 0) is 153 Å². The van der Waals surface area contributed by atoms with Crippen molar-refractivity contribution < 1.29 is 4.57 Å². The largest absolute Gasteiger partial charge is 0.310 e. The lowest BCUT2D eigenvalue weighted by atomic mass is 10.1. The molecule has 0 bridgehead atoms. The quantitative estimate of drug-likeness (QED) is 0.133. The second kappa shape index (κ2) is 19.2. The van der Waals surface area contributed by atoms with Gasteiger partial charge in [-0.25, -0.2) is 0 Å². The van der Waals surface area contributed by atoms with Gasteiger partial charge in [-0.15, -0.1) is 0 Å². The summed E-state index contributed by atoms with van der Waals surface area (Å²) in [7, 11) is -4.95. The fourth-order valence-corrected chi connectivity index (χ4v) is 20.4. The van der Waals surface area contributed by atoms with E-state index in [9.17, 15) is 0 Å². The Morgan fingerprint density at radius 1 is 0.309 bits per heavy atom. The van der Waals surface area contributed by atoms with E-state index in [2.05, 4.69) is 322 Å². The summed E-state index contributed by atoms with van der Waals surface area (Å²) in [6.07, 6.45) is 0. The molecule has 16 rings (SSSR count). The highest BCUT2D eigenvalue weighted by molar-refractivity contribution is 8.02. The number of para-hydroxylation sites is 9. The molecule has 2 unspecified atom stereocenters. The smallest absolute Gasteiger partial charge is 0.179 e. The molecule has 384 valence electrons. The average molecular weight is 1090 g/mol. The molecule has 4 aliphatic rings. The van der Waals surface area contributed by atoms with Crippen LogP contribution < -0.4 is 56.3 Å². The third-order valence-corrected chi connectivity index (χ3v) is 23.1. The van der Waals surface area contributed by atoms with Crippen molar-refractivity contribution in [3.63, 3.8) is 0 Å². The van der Waals surface area contributed by atoms with Crippen LogP contribution in [-0.2, 0) is 4.57 Å². The highest BCUT2D eigenvalue weighted by Crippen LogP contribution is 2.65. The predicted octanol–water partition coefficient (Wildman–Crippen LogP) is 17.8. The van der Waals surface area contributed by atoms with Crippen molar-refractivity contribution in [3.8, 4) is 0 Å². The van der Waals surface area contributed by atoms with Gasteiger partial charge in [0.2, 0.25) is 0 Å². The number of hydrogen-bond acceptors (Lipinski definition) is 7. The maximum atomic E-state index is 18.1. The van der Waals surface area contributed by atoms with Crippen LogP contribution in [0.25, 0.3) is 0 Å². The highest BCUT2D eigenvalue weighted by atomic mass is 32.2. The average Bonchev–Trinajstić information content (AvgIpc) is 3.66. The Labute approximate surface area is 477 Å². The van der Waals surface area contributed by atoms with Crippen LogP contribution in [-0.4, -0.2) is 0 Å². The van der Waals surface area contributed by atoms with Crippen LogP contribution in [0.15, 0.2) is 307 Å². The monoisotopic (exact) mass is 1090 g/mol. The number of fused-ring (bicyclic) bond motifs is 8. The van der Waals surface area contributed by atoms with Gasteiger partial charge in [0.15, 0.2) is 7.14 Å². The molecular formula is C72H49N5OP2S. The molecule has 0 saturated heterocycles. The Balaban J connectivity index is 0.997. The maximum Gasteiger partial charge on any atom is 0.179 e. The highest BCUT2D eigenvalue weighted by Gasteiger charge is 2.51. The normalized spacial score (nSPS) is 15.8. The zero-order chi connectivity index (χ0) is 53.6. The summed E-state index contributed by atoms with van der Waals surface area (Å²) >= 11 is 1.84. The Bertz CT molecular complexity index is 4370. The molecule has 0 saturated carbocycles. The van der Waals surface area contributed by atoms with Crippen molar-refractivity contribution in [1.29, 1.82) is 0 Å². The van der Waals surface area contributed by atoms with Crippen molar-refractivity contribution in [3.05, 3.63) is 297 Å². The van der Waals surface area contributed by atoms with E-state index >= 15 is 4.57 Å². The van der Waals surface area contributed by atoms with E-state index in [0.717, 1.165) is 106 Å². The van der Waals surface area contributed by atoms with Gasteiger partial charge in [-0.3, -0.25) is 0 Å². The predicted molar refractivity (Wildman–Crippen MR) is 343 cm³/mol. The van der Waals surface area contributed by atoms with Crippen molar-refractivity contribution in [2.24, 2.45) is 0 Å². The first-order valence-corrected chi connectivity index (χ1v) is 31.1. The number of hydrogen-bond donors (Lipinski definition) is 0. The minimum atomic E-state index is -3.74. The lowest BCUT2D eigenvalue weighted by Crippen LogP contribution is -2.44. The zero-order valence-corrected chi connectivity index (χ0v) is 46.3. The number of anilines is 15. The second-order valence-corrected chi connectivity index (χ2v) is 26.3. The fourth-order valence-electron chi connectivity index (χ4n) is 12.6. The van der Waals surface area contributed by atoms with Gasteiger partial charge in [-0.1, -0.05) is 169 Å². The Morgan fingerprint density at radius 2 is 0.704 bits per heavy atom. The van der Waals surface area contributed by atoms with Crippen molar-refractivity contribution in [1.82, 2.24) is 0 Å². The molecule has 6 nitrogen and oxygen atoms in total. The third kappa shape index (κ3) is 7.50. The summed E-state index contributed by atoms with van der Waals surface area (Å²) in [5, 5.41) is 6.29. The van der Waals surface area contributed by atoms with E-state index in [1.54, 1.807) is 0 Å². The summed E-state index contributed by atoms with van der Waals surface area (Å²) in [5.41, 5.74) is 15.2. The molecule has 4 heterocycles. The van der Waals surface area contributed by atoms with Gasteiger partial charge < -0.3 is 29.1 Å². The summed E-state index contributed by atoms with van der Waals surface area (Å²) in [6, 6.07) is 106. The summed E-state index contributed by atoms with van der Waals surface area (Å²) in [4.78, 5) is 14.3. The maximum absolute atomic E-state index is 18.1. The number of rotatable bonds is 9. The molecule has 81 heavy (non-hydrogen) atoms. The molecule has 0 amide bonds.